The number of amides is 1. The van der Waals surface area contributed by atoms with Crippen molar-refractivity contribution >= 4 is 34.2 Å². The molecule has 10 nitrogen and oxygen atoms in total. The number of fused-ring (bicyclic) bond motifs is 1. The Morgan fingerprint density at radius 2 is 2.00 bits per heavy atom. The normalized spacial score (nSPS) is 15.8. The Hall–Kier alpha value is -3.60. The predicted octanol–water partition coefficient (Wildman–Crippen LogP) is 3.21. The van der Waals surface area contributed by atoms with Crippen LogP contribution in [0, 0.1) is 5.92 Å². The van der Waals surface area contributed by atoms with Crippen molar-refractivity contribution in [2.24, 2.45) is 5.92 Å². The maximum atomic E-state index is 12.8. The third kappa shape index (κ3) is 4.98. The van der Waals surface area contributed by atoms with Crippen LogP contribution in [-0.4, -0.2) is 50.8 Å². The van der Waals surface area contributed by atoms with Crippen molar-refractivity contribution in [1.29, 1.82) is 0 Å². The molecular weight excluding hydrogens is 458 g/mol. The van der Waals surface area contributed by atoms with Gasteiger partial charge in [-0.15, -0.1) is 16.4 Å². The smallest absolute Gasteiger partial charge is 0.341 e. The van der Waals surface area contributed by atoms with Crippen LogP contribution in [0.25, 0.3) is 5.69 Å². The highest BCUT2D eigenvalue weighted by Gasteiger charge is 2.30. The third-order valence-electron chi connectivity index (χ3n) is 5.60. The number of ether oxygens (including phenoxy) is 2. The highest BCUT2D eigenvalue weighted by Crippen LogP contribution is 2.40. The zero-order valence-electron chi connectivity index (χ0n) is 19.1. The van der Waals surface area contributed by atoms with Crippen LogP contribution in [0.15, 0.2) is 30.6 Å². The summed E-state index contributed by atoms with van der Waals surface area (Å²) in [5, 5.41) is 14.1. The summed E-state index contributed by atoms with van der Waals surface area (Å²) in [7, 11) is 0. The van der Waals surface area contributed by atoms with Crippen molar-refractivity contribution in [2.75, 3.05) is 11.9 Å². The molecule has 3 aromatic rings. The average molecular weight is 484 g/mol. The molecule has 11 heteroatoms. The van der Waals surface area contributed by atoms with Crippen molar-refractivity contribution in [3.63, 3.8) is 0 Å². The topological polar surface area (TPSA) is 125 Å². The summed E-state index contributed by atoms with van der Waals surface area (Å²) in [4.78, 5) is 39.1. The van der Waals surface area contributed by atoms with Gasteiger partial charge in [0.05, 0.1) is 23.4 Å². The van der Waals surface area contributed by atoms with Gasteiger partial charge >= 0.3 is 11.9 Å². The Morgan fingerprint density at radius 3 is 2.68 bits per heavy atom. The molecule has 1 aromatic carbocycles. The number of nitrogens with one attached hydrogen (secondary N) is 1. The van der Waals surface area contributed by atoms with E-state index in [0.29, 0.717) is 22.2 Å². The molecule has 0 saturated carbocycles. The lowest BCUT2D eigenvalue weighted by Crippen LogP contribution is -2.30. The fourth-order valence-corrected chi connectivity index (χ4v) is 5.19. The summed E-state index contributed by atoms with van der Waals surface area (Å²) in [5.74, 6) is -1.10. The SMILES string of the molecule is CCOC(=O)c1c(NC(=O)[C@@H](C)OC(=O)c2ccc(-n3cnnn3)cc2)sc2c1CC[C@@H](C)C2. The Bertz CT molecular complexity index is 1190. The van der Waals surface area contributed by atoms with E-state index in [4.69, 9.17) is 9.47 Å². The molecule has 0 aliphatic heterocycles. The zero-order chi connectivity index (χ0) is 24.2. The summed E-state index contributed by atoms with van der Waals surface area (Å²) in [5.41, 5.74) is 2.32. The van der Waals surface area contributed by atoms with E-state index in [0.717, 1.165) is 29.7 Å². The number of benzene rings is 1. The van der Waals surface area contributed by atoms with Gasteiger partial charge in [0.2, 0.25) is 0 Å². The first-order valence-corrected chi connectivity index (χ1v) is 11.9. The van der Waals surface area contributed by atoms with E-state index in [1.165, 1.54) is 29.3 Å². The fourth-order valence-electron chi connectivity index (χ4n) is 3.78. The predicted molar refractivity (Wildman–Crippen MR) is 124 cm³/mol. The van der Waals surface area contributed by atoms with Gasteiger partial charge in [-0.2, -0.15) is 0 Å². The molecule has 34 heavy (non-hydrogen) atoms. The highest BCUT2D eigenvalue weighted by atomic mass is 32.1. The van der Waals surface area contributed by atoms with Gasteiger partial charge in [-0.25, -0.2) is 14.3 Å². The molecule has 2 aromatic heterocycles. The molecule has 1 aliphatic carbocycles. The van der Waals surface area contributed by atoms with Crippen LogP contribution in [0.5, 0.6) is 0 Å². The van der Waals surface area contributed by atoms with Gasteiger partial charge < -0.3 is 14.8 Å². The Balaban J connectivity index is 1.45. The number of tetrazole rings is 1. The molecule has 0 fully saturated rings. The van der Waals surface area contributed by atoms with Crippen LogP contribution in [0.2, 0.25) is 0 Å². The Kier molecular flexibility index (Phi) is 7.01. The molecule has 0 unspecified atom stereocenters. The van der Waals surface area contributed by atoms with Crippen LogP contribution < -0.4 is 5.32 Å². The van der Waals surface area contributed by atoms with Crippen molar-refractivity contribution in [3.8, 4) is 5.69 Å². The van der Waals surface area contributed by atoms with Gasteiger partial charge in [-0.05, 0) is 79.3 Å². The number of rotatable bonds is 7. The van der Waals surface area contributed by atoms with Crippen LogP contribution in [-0.2, 0) is 27.1 Å². The first-order valence-electron chi connectivity index (χ1n) is 11.0. The van der Waals surface area contributed by atoms with Gasteiger partial charge in [0.15, 0.2) is 6.10 Å². The average Bonchev–Trinajstić information content (AvgIpc) is 3.47. The first kappa shape index (κ1) is 23.6. The molecule has 1 aliphatic rings. The van der Waals surface area contributed by atoms with Crippen molar-refractivity contribution in [2.45, 2.75) is 46.1 Å². The van der Waals surface area contributed by atoms with Crippen molar-refractivity contribution in [3.05, 3.63) is 52.2 Å². The number of nitrogens with zero attached hydrogens (tertiary/aromatic N) is 4. The fraction of sp³-hybridized carbons (Fsp3) is 0.391. The number of anilines is 1. The molecule has 178 valence electrons. The molecule has 0 saturated heterocycles. The number of esters is 2. The molecule has 2 atom stereocenters. The van der Waals surface area contributed by atoms with E-state index in [2.05, 4.69) is 27.8 Å². The van der Waals surface area contributed by atoms with Crippen LogP contribution in [0.3, 0.4) is 0 Å². The number of hydrogen-bond acceptors (Lipinski definition) is 9. The molecule has 1 N–H and O–H groups in total. The number of thiophene rings is 1. The van der Waals surface area contributed by atoms with E-state index in [1.54, 1.807) is 31.2 Å². The van der Waals surface area contributed by atoms with E-state index in [9.17, 15) is 14.4 Å². The zero-order valence-corrected chi connectivity index (χ0v) is 19.9. The summed E-state index contributed by atoms with van der Waals surface area (Å²) in [6, 6.07) is 6.47. The number of carbonyl (C=O) groups is 3. The lowest BCUT2D eigenvalue weighted by atomic mass is 9.88. The lowest BCUT2D eigenvalue weighted by Gasteiger charge is -2.18. The number of carbonyl (C=O) groups excluding carboxylic acids is 3. The molecule has 4 rings (SSSR count). The summed E-state index contributed by atoms with van der Waals surface area (Å²) in [6.45, 7) is 5.64. The van der Waals surface area contributed by atoms with Gasteiger partial charge in [-0.1, -0.05) is 6.92 Å². The van der Waals surface area contributed by atoms with Crippen molar-refractivity contribution in [1.82, 2.24) is 20.2 Å². The standard InChI is InChI=1S/C23H25N5O5S/c1-4-32-23(31)19-17-10-5-13(2)11-18(17)34-21(19)25-20(29)14(3)33-22(30)15-6-8-16(9-7-15)28-12-24-26-27-28/h6-9,12-14H,4-5,10-11H2,1-3H3,(H,25,29)/t13-,14-/m1/s1. The Morgan fingerprint density at radius 1 is 1.24 bits per heavy atom. The number of hydrogen-bond donors (Lipinski definition) is 1. The summed E-state index contributed by atoms with van der Waals surface area (Å²) in [6.07, 6.45) is 2.96. The maximum Gasteiger partial charge on any atom is 0.341 e. The lowest BCUT2D eigenvalue weighted by molar-refractivity contribution is -0.123. The van der Waals surface area contributed by atoms with Gasteiger partial charge in [0.1, 0.15) is 11.3 Å². The minimum Gasteiger partial charge on any atom is -0.462 e. The Labute approximate surface area is 200 Å². The van der Waals surface area contributed by atoms with Crippen LogP contribution in [0.1, 0.15) is 58.3 Å². The van der Waals surface area contributed by atoms with Crippen LogP contribution in [0.4, 0.5) is 5.00 Å². The molecule has 0 bridgehead atoms. The van der Waals surface area contributed by atoms with Crippen molar-refractivity contribution < 1.29 is 23.9 Å². The molecule has 0 spiro atoms. The molecule has 0 radical (unpaired) electrons. The monoisotopic (exact) mass is 483 g/mol. The van der Waals surface area contributed by atoms with E-state index >= 15 is 0 Å². The molecule has 2 heterocycles. The second-order valence-corrected chi connectivity index (χ2v) is 9.22. The number of aromatic nitrogens is 4. The van der Waals surface area contributed by atoms with Gasteiger partial charge in [0.25, 0.3) is 5.91 Å². The second-order valence-electron chi connectivity index (χ2n) is 8.11. The van der Waals surface area contributed by atoms with E-state index < -0.39 is 23.9 Å². The first-order chi connectivity index (χ1) is 16.4. The quantitative estimate of drug-likeness (QED) is 0.508. The second kappa shape index (κ2) is 10.1. The minimum atomic E-state index is -1.07. The highest BCUT2D eigenvalue weighted by molar-refractivity contribution is 7.17. The summed E-state index contributed by atoms with van der Waals surface area (Å²) >= 11 is 1.39. The molecule has 1 amide bonds. The van der Waals surface area contributed by atoms with Crippen LogP contribution >= 0.6 is 11.3 Å². The van der Waals surface area contributed by atoms with E-state index in [1.807, 2.05) is 0 Å². The minimum absolute atomic E-state index is 0.244. The summed E-state index contributed by atoms with van der Waals surface area (Å²) < 4.78 is 12.0. The van der Waals surface area contributed by atoms with Gasteiger partial charge in [0, 0.05) is 4.88 Å². The van der Waals surface area contributed by atoms with E-state index in [-0.39, 0.29) is 12.2 Å². The molecular formula is C23H25N5O5S. The van der Waals surface area contributed by atoms with Gasteiger partial charge in [-0.3, -0.25) is 4.79 Å². The third-order valence-corrected chi connectivity index (χ3v) is 6.77. The maximum absolute atomic E-state index is 12.8. The largest absolute Gasteiger partial charge is 0.462 e.